The molecule has 1 aromatic rings. The molecular weight excluding hydrogens is 322 g/mol. The molecule has 140 valence electrons. The van der Waals surface area contributed by atoms with Crippen molar-refractivity contribution in [2.75, 3.05) is 54.0 Å². The van der Waals surface area contributed by atoms with Crippen LogP contribution in [0, 0.1) is 0 Å². The molecule has 8 heteroatoms. The number of rotatable bonds is 5. The van der Waals surface area contributed by atoms with Gasteiger partial charge in [0.05, 0.1) is 13.2 Å². The maximum atomic E-state index is 12.1. The number of ether oxygens (including phenoxy) is 1. The van der Waals surface area contributed by atoms with Gasteiger partial charge in [0.25, 0.3) is 0 Å². The predicted octanol–water partition coefficient (Wildman–Crippen LogP) is 0.387. The van der Waals surface area contributed by atoms with E-state index in [1.54, 1.807) is 7.11 Å². The number of likely N-dealkylation sites (tertiary alicyclic amines) is 1. The topological polar surface area (TPSA) is 74.9 Å². The summed E-state index contributed by atoms with van der Waals surface area (Å²) in [5.41, 5.74) is 0.0531. The van der Waals surface area contributed by atoms with E-state index in [-0.39, 0.29) is 11.4 Å². The summed E-state index contributed by atoms with van der Waals surface area (Å²) >= 11 is 0. The van der Waals surface area contributed by atoms with E-state index < -0.39 is 0 Å². The second kappa shape index (κ2) is 7.80. The normalized spacial score (nSPS) is 26.4. The van der Waals surface area contributed by atoms with Crippen molar-refractivity contribution in [2.45, 2.75) is 37.8 Å². The minimum atomic E-state index is 0.0531. The molecule has 1 aromatic heterocycles. The van der Waals surface area contributed by atoms with Gasteiger partial charge in [0.15, 0.2) is 5.82 Å². The van der Waals surface area contributed by atoms with Crippen LogP contribution in [-0.2, 0) is 22.5 Å². The number of carbonyl (C=O) groups is 1. The molecule has 1 atom stereocenters. The average molecular weight is 351 g/mol. The van der Waals surface area contributed by atoms with Crippen molar-refractivity contribution < 1.29 is 14.1 Å². The lowest BCUT2D eigenvalue weighted by atomic mass is 9.86. The lowest BCUT2D eigenvalue weighted by Gasteiger charge is -2.49. The molecule has 8 nitrogen and oxygen atoms in total. The SMILES string of the molecule is COCCc1noc(CN2CCN(C)C3(CCC(=O)N(C)CC3)C2)n1. The first kappa shape index (κ1) is 18.3. The summed E-state index contributed by atoms with van der Waals surface area (Å²) in [6.07, 6.45) is 3.20. The monoisotopic (exact) mass is 351 g/mol. The highest BCUT2D eigenvalue weighted by molar-refractivity contribution is 5.76. The molecular formula is C17H29N5O3. The van der Waals surface area contributed by atoms with E-state index in [0.717, 1.165) is 39.0 Å². The molecule has 0 aliphatic carbocycles. The van der Waals surface area contributed by atoms with Crippen LogP contribution in [0.2, 0.25) is 0 Å². The molecule has 0 radical (unpaired) electrons. The molecule has 3 heterocycles. The Balaban J connectivity index is 1.64. The highest BCUT2D eigenvalue weighted by Crippen LogP contribution is 2.32. The van der Waals surface area contributed by atoms with Crippen LogP contribution in [0.5, 0.6) is 0 Å². The quantitative estimate of drug-likeness (QED) is 0.759. The molecule has 2 fully saturated rings. The van der Waals surface area contributed by atoms with Gasteiger partial charge in [-0.3, -0.25) is 14.6 Å². The second-order valence-corrected chi connectivity index (χ2v) is 7.27. The number of carbonyl (C=O) groups excluding carboxylic acids is 1. The van der Waals surface area contributed by atoms with Crippen LogP contribution in [0.15, 0.2) is 4.52 Å². The Kier molecular flexibility index (Phi) is 5.71. The van der Waals surface area contributed by atoms with Gasteiger partial charge in [-0.05, 0) is 19.9 Å². The number of nitrogens with zero attached hydrogens (tertiary/aromatic N) is 5. The fourth-order valence-electron chi connectivity index (χ4n) is 3.82. The van der Waals surface area contributed by atoms with Crippen molar-refractivity contribution in [3.8, 4) is 0 Å². The standard InChI is InChI=1S/C17H29N5O3/c1-20-8-7-17(6-4-16(20)23)13-22(10-9-21(17)2)12-15-18-14(19-25-15)5-11-24-3/h4-13H2,1-3H3. The smallest absolute Gasteiger partial charge is 0.240 e. The third-order valence-corrected chi connectivity index (χ3v) is 5.62. The Morgan fingerprint density at radius 1 is 1.24 bits per heavy atom. The lowest BCUT2D eigenvalue weighted by molar-refractivity contribution is -0.129. The number of methoxy groups -OCH3 is 1. The first-order valence-electron chi connectivity index (χ1n) is 9.00. The third-order valence-electron chi connectivity index (χ3n) is 5.62. The molecule has 2 saturated heterocycles. The molecule has 0 saturated carbocycles. The van der Waals surface area contributed by atoms with Gasteiger partial charge < -0.3 is 14.2 Å². The zero-order valence-electron chi connectivity index (χ0n) is 15.5. The van der Waals surface area contributed by atoms with Crippen LogP contribution < -0.4 is 0 Å². The van der Waals surface area contributed by atoms with E-state index in [1.807, 2.05) is 11.9 Å². The Hall–Kier alpha value is -1.51. The predicted molar refractivity (Wildman–Crippen MR) is 92.0 cm³/mol. The molecule has 1 unspecified atom stereocenters. The first-order valence-corrected chi connectivity index (χ1v) is 9.00. The van der Waals surface area contributed by atoms with Crippen molar-refractivity contribution in [1.82, 2.24) is 24.8 Å². The number of amides is 1. The summed E-state index contributed by atoms with van der Waals surface area (Å²) in [5, 5.41) is 4.02. The number of likely N-dealkylation sites (N-methyl/N-ethyl adjacent to an activating group) is 1. The van der Waals surface area contributed by atoms with E-state index in [9.17, 15) is 4.79 Å². The van der Waals surface area contributed by atoms with Crippen molar-refractivity contribution in [2.24, 2.45) is 0 Å². The van der Waals surface area contributed by atoms with Gasteiger partial charge in [-0.15, -0.1) is 0 Å². The van der Waals surface area contributed by atoms with Crippen LogP contribution in [0.25, 0.3) is 0 Å². The van der Waals surface area contributed by atoms with Gasteiger partial charge in [-0.2, -0.15) is 4.98 Å². The van der Waals surface area contributed by atoms with Gasteiger partial charge in [-0.25, -0.2) is 0 Å². The molecule has 2 aliphatic rings. The van der Waals surface area contributed by atoms with Crippen molar-refractivity contribution in [3.05, 3.63) is 11.7 Å². The first-order chi connectivity index (χ1) is 12.0. The summed E-state index contributed by atoms with van der Waals surface area (Å²) in [6.45, 7) is 4.97. The summed E-state index contributed by atoms with van der Waals surface area (Å²) in [6, 6.07) is 0. The van der Waals surface area contributed by atoms with Crippen LogP contribution in [0.3, 0.4) is 0 Å². The molecule has 25 heavy (non-hydrogen) atoms. The average Bonchev–Trinajstić information content (AvgIpc) is 3.00. The maximum Gasteiger partial charge on any atom is 0.240 e. The van der Waals surface area contributed by atoms with Gasteiger partial charge >= 0.3 is 0 Å². The zero-order valence-corrected chi connectivity index (χ0v) is 15.5. The van der Waals surface area contributed by atoms with Crippen LogP contribution >= 0.6 is 0 Å². The Bertz CT molecular complexity index is 593. The van der Waals surface area contributed by atoms with Crippen LogP contribution in [0.4, 0.5) is 0 Å². The van der Waals surface area contributed by atoms with Gasteiger partial charge in [0.1, 0.15) is 0 Å². The summed E-state index contributed by atoms with van der Waals surface area (Å²) in [4.78, 5) is 23.2. The molecule has 2 aliphatic heterocycles. The van der Waals surface area contributed by atoms with Gasteiger partial charge in [-0.1, -0.05) is 5.16 Å². The molecule has 1 spiro atoms. The Morgan fingerprint density at radius 2 is 2.08 bits per heavy atom. The maximum absolute atomic E-state index is 12.1. The molecule has 1 amide bonds. The minimum Gasteiger partial charge on any atom is -0.384 e. The summed E-state index contributed by atoms with van der Waals surface area (Å²) in [5.74, 6) is 1.61. The fraction of sp³-hybridized carbons (Fsp3) is 0.824. The van der Waals surface area contributed by atoms with E-state index in [2.05, 4.69) is 27.0 Å². The third kappa shape index (κ3) is 4.19. The molecule has 0 bridgehead atoms. The van der Waals surface area contributed by atoms with E-state index in [0.29, 0.717) is 37.7 Å². The lowest BCUT2D eigenvalue weighted by Crippen LogP contribution is -2.60. The second-order valence-electron chi connectivity index (χ2n) is 7.27. The molecule has 0 N–H and O–H groups in total. The van der Waals surface area contributed by atoms with Crippen molar-refractivity contribution >= 4 is 5.91 Å². The van der Waals surface area contributed by atoms with Crippen LogP contribution in [0.1, 0.15) is 31.0 Å². The van der Waals surface area contributed by atoms with Gasteiger partial charge in [0.2, 0.25) is 11.8 Å². The Morgan fingerprint density at radius 3 is 2.88 bits per heavy atom. The molecule has 3 rings (SSSR count). The highest BCUT2D eigenvalue weighted by Gasteiger charge is 2.41. The highest BCUT2D eigenvalue weighted by atomic mass is 16.5. The summed E-state index contributed by atoms with van der Waals surface area (Å²) in [7, 11) is 5.75. The number of aromatic nitrogens is 2. The number of hydrogen-bond donors (Lipinski definition) is 0. The van der Waals surface area contributed by atoms with Crippen LogP contribution in [-0.4, -0.2) is 90.3 Å². The van der Waals surface area contributed by atoms with Crippen molar-refractivity contribution in [3.63, 3.8) is 0 Å². The Labute approximate surface area is 149 Å². The zero-order chi connectivity index (χ0) is 17.9. The molecule has 0 aromatic carbocycles. The largest absolute Gasteiger partial charge is 0.384 e. The van der Waals surface area contributed by atoms with E-state index in [4.69, 9.17) is 9.26 Å². The fourth-order valence-corrected chi connectivity index (χ4v) is 3.82. The van der Waals surface area contributed by atoms with Crippen molar-refractivity contribution in [1.29, 1.82) is 0 Å². The van der Waals surface area contributed by atoms with E-state index in [1.165, 1.54) is 0 Å². The number of hydrogen-bond acceptors (Lipinski definition) is 7. The summed E-state index contributed by atoms with van der Waals surface area (Å²) < 4.78 is 10.4. The minimum absolute atomic E-state index is 0.0531. The number of piperazine rings is 1. The van der Waals surface area contributed by atoms with E-state index >= 15 is 0 Å². The van der Waals surface area contributed by atoms with Gasteiger partial charge in [0, 0.05) is 58.7 Å².